The molecule has 0 aromatic heterocycles. The van der Waals surface area contributed by atoms with Gasteiger partial charge in [-0.05, 0) is 18.2 Å². The van der Waals surface area contributed by atoms with Crippen LogP contribution >= 0.6 is 0 Å². The average Bonchev–Trinajstić information content (AvgIpc) is 2.17. The van der Waals surface area contributed by atoms with Gasteiger partial charge in [-0.2, -0.15) is 0 Å². The number of halogens is 1. The summed E-state index contributed by atoms with van der Waals surface area (Å²) in [5.74, 6) is -5.68. The van der Waals surface area contributed by atoms with Gasteiger partial charge >= 0.3 is 11.9 Å². The van der Waals surface area contributed by atoms with E-state index in [-0.39, 0.29) is 11.3 Å². The molecule has 1 aromatic carbocycles. The van der Waals surface area contributed by atoms with Crippen molar-refractivity contribution in [1.82, 2.24) is 0 Å². The smallest absolute Gasteiger partial charge is 0.322 e. The standard InChI is InChI=1S/C10H9FO5/c1-16-7-3-2-5(11)4-6(7)8(9(12)13)10(14)15/h2-4,8H,1H3,(H,12,13)(H,14,15). The van der Waals surface area contributed by atoms with Crippen LogP contribution in [0.25, 0.3) is 0 Å². The third-order valence-electron chi connectivity index (χ3n) is 2.00. The highest BCUT2D eigenvalue weighted by Crippen LogP contribution is 2.28. The van der Waals surface area contributed by atoms with Gasteiger partial charge in [0.25, 0.3) is 0 Å². The first-order valence-electron chi connectivity index (χ1n) is 4.26. The quantitative estimate of drug-likeness (QED) is 0.753. The van der Waals surface area contributed by atoms with Crippen molar-refractivity contribution in [2.75, 3.05) is 7.11 Å². The monoisotopic (exact) mass is 228 g/mol. The summed E-state index contributed by atoms with van der Waals surface area (Å²) in [7, 11) is 1.25. The zero-order valence-electron chi connectivity index (χ0n) is 8.31. The fraction of sp³-hybridized carbons (Fsp3) is 0.200. The lowest BCUT2D eigenvalue weighted by Gasteiger charge is -2.12. The van der Waals surface area contributed by atoms with Crippen LogP contribution in [0.1, 0.15) is 11.5 Å². The highest BCUT2D eigenvalue weighted by molar-refractivity contribution is 5.99. The first-order valence-corrected chi connectivity index (χ1v) is 4.26. The molecule has 0 aliphatic rings. The van der Waals surface area contributed by atoms with E-state index in [1.54, 1.807) is 0 Å². The van der Waals surface area contributed by atoms with Crippen LogP contribution in [0.15, 0.2) is 18.2 Å². The molecule has 0 spiro atoms. The van der Waals surface area contributed by atoms with Gasteiger partial charge in [0.2, 0.25) is 0 Å². The number of hydrogen-bond donors (Lipinski definition) is 2. The molecule has 5 nitrogen and oxygen atoms in total. The van der Waals surface area contributed by atoms with E-state index >= 15 is 0 Å². The maximum atomic E-state index is 12.9. The largest absolute Gasteiger partial charge is 0.496 e. The number of carbonyl (C=O) groups is 2. The minimum atomic E-state index is -1.84. The Hall–Kier alpha value is -2.11. The number of aliphatic carboxylic acids is 2. The van der Waals surface area contributed by atoms with Gasteiger partial charge in [0.1, 0.15) is 11.6 Å². The summed E-state index contributed by atoms with van der Waals surface area (Å²) in [6.45, 7) is 0. The molecule has 0 atom stereocenters. The van der Waals surface area contributed by atoms with Gasteiger partial charge in [0.15, 0.2) is 5.92 Å². The predicted octanol–water partition coefficient (Wildman–Crippen LogP) is 1.09. The topological polar surface area (TPSA) is 83.8 Å². The van der Waals surface area contributed by atoms with E-state index in [1.807, 2.05) is 0 Å². The van der Waals surface area contributed by atoms with Crippen LogP contribution in [-0.2, 0) is 9.59 Å². The number of hydrogen-bond acceptors (Lipinski definition) is 3. The minimum absolute atomic E-state index is 0.0243. The van der Waals surface area contributed by atoms with Gasteiger partial charge in [0, 0.05) is 5.56 Å². The number of carboxylic acids is 2. The Kier molecular flexibility index (Phi) is 3.44. The van der Waals surface area contributed by atoms with E-state index < -0.39 is 23.7 Å². The first kappa shape index (κ1) is 12.0. The van der Waals surface area contributed by atoms with E-state index in [0.717, 1.165) is 12.1 Å². The fourth-order valence-corrected chi connectivity index (χ4v) is 1.30. The molecule has 0 aliphatic heterocycles. The van der Waals surface area contributed by atoms with E-state index in [0.29, 0.717) is 0 Å². The van der Waals surface area contributed by atoms with Crippen molar-refractivity contribution < 1.29 is 28.9 Å². The van der Waals surface area contributed by atoms with E-state index in [9.17, 15) is 14.0 Å². The van der Waals surface area contributed by atoms with E-state index in [4.69, 9.17) is 14.9 Å². The molecule has 0 bridgehead atoms. The summed E-state index contributed by atoms with van der Waals surface area (Å²) in [5, 5.41) is 17.5. The number of ether oxygens (including phenoxy) is 1. The zero-order valence-corrected chi connectivity index (χ0v) is 8.31. The van der Waals surface area contributed by atoms with Crippen LogP contribution < -0.4 is 4.74 Å². The third-order valence-corrected chi connectivity index (χ3v) is 2.00. The van der Waals surface area contributed by atoms with Gasteiger partial charge in [-0.3, -0.25) is 9.59 Å². The molecule has 0 saturated heterocycles. The SMILES string of the molecule is COc1ccc(F)cc1C(C(=O)O)C(=O)O. The predicted molar refractivity (Wildman–Crippen MR) is 51.0 cm³/mol. The Bertz CT molecular complexity index is 415. The fourth-order valence-electron chi connectivity index (χ4n) is 1.30. The number of methoxy groups -OCH3 is 1. The van der Waals surface area contributed by atoms with Gasteiger partial charge in [-0.1, -0.05) is 0 Å². The molecule has 16 heavy (non-hydrogen) atoms. The van der Waals surface area contributed by atoms with Crippen molar-refractivity contribution >= 4 is 11.9 Å². The molecule has 6 heteroatoms. The Morgan fingerprint density at radius 1 is 1.31 bits per heavy atom. The van der Waals surface area contributed by atoms with Gasteiger partial charge < -0.3 is 14.9 Å². The van der Waals surface area contributed by atoms with Gasteiger partial charge in [-0.15, -0.1) is 0 Å². The maximum absolute atomic E-state index is 12.9. The summed E-state index contributed by atoms with van der Waals surface area (Å²) in [5.41, 5.74) is -0.220. The molecular formula is C10H9FO5. The maximum Gasteiger partial charge on any atom is 0.322 e. The number of carboxylic acid groups (broad SMARTS) is 2. The third kappa shape index (κ3) is 2.28. The second-order valence-electron chi connectivity index (χ2n) is 3.00. The zero-order chi connectivity index (χ0) is 12.3. The Morgan fingerprint density at radius 2 is 1.88 bits per heavy atom. The lowest BCUT2D eigenvalue weighted by atomic mass is 9.98. The summed E-state index contributed by atoms with van der Waals surface area (Å²) < 4.78 is 17.7. The summed E-state index contributed by atoms with van der Waals surface area (Å²) >= 11 is 0. The molecule has 0 saturated carbocycles. The highest BCUT2D eigenvalue weighted by atomic mass is 19.1. The minimum Gasteiger partial charge on any atom is -0.496 e. The van der Waals surface area contributed by atoms with Crippen LogP contribution in [0, 0.1) is 5.82 Å². The number of benzene rings is 1. The van der Waals surface area contributed by atoms with Crippen LogP contribution in [0.4, 0.5) is 4.39 Å². The van der Waals surface area contributed by atoms with E-state index in [2.05, 4.69) is 0 Å². The second kappa shape index (κ2) is 4.61. The molecule has 0 fully saturated rings. The van der Waals surface area contributed by atoms with Gasteiger partial charge in [-0.25, -0.2) is 4.39 Å². The van der Waals surface area contributed by atoms with Crippen LogP contribution in [0.2, 0.25) is 0 Å². The van der Waals surface area contributed by atoms with Crippen molar-refractivity contribution in [2.45, 2.75) is 5.92 Å². The summed E-state index contributed by atoms with van der Waals surface area (Å²) in [6, 6.07) is 3.08. The summed E-state index contributed by atoms with van der Waals surface area (Å²) in [4.78, 5) is 21.5. The van der Waals surface area contributed by atoms with Crippen molar-refractivity contribution in [3.05, 3.63) is 29.6 Å². The molecule has 2 N–H and O–H groups in total. The molecule has 1 rings (SSSR count). The molecule has 0 unspecified atom stereocenters. The van der Waals surface area contributed by atoms with Crippen molar-refractivity contribution in [3.8, 4) is 5.75 Å². The van der Waals surface area contributed by atoms with Crippen molar-refractivity contribution in [3.63, 3.8) is 0 Å². The molecule has 1 aromatic rings. The Balaban J connectivity index is 3.32. The van der Waals surface area contributed by atoms with Gasteiger partial charge in [0.05, 0.1) is 7.11 Å². The molecule has 0 radical (unpaired) electrons. The Labute approximate surface area is 90.1 Å². The molecule has 0 heterocycles. The molecule has 0 amide bonds. The lowest BCUT2D eigenvalue weighted by Crippen LogP contribution is -2.21. The lowest BCUT2D eigenvalue weighted by molar-refractivity contribution is -0.150. The van der Waals surface area contributed by atoms with Crippen LogP contribution in [0.3, 0.4) is 0 Å². The van der Waals surface area contributed by atoms with Crippen LogP contribution in [-0.4, -0.2) is 29.3 Å². The summed E-state index contributed by atoms with van der Waals surface area (Å²) in [6.07, 6.45) is 0. The average molecular weight is 228 g/mol. The normalized spacial score (nSPS) is 10.2. The Morgan fingerprint density at radius 3 is 2.31 bits per heavy atom. The van der Waals surface area contributed by atoms with E-state index in [1.165, 1.54) is 13.2 Å². The molecule has 86 valence electrons. The molecule has 0 aliphatic carbocycles. The second-order valence-corrected chi connectivity index (χ2v) is 3.00. The van der Waals surface area contributed by atoms with Crippen molar-refractivity contribution in [2.24, 2.45) is 0 Å². The molecular weight excluding hydrogens is 219 g/mol. The van der Waals surface area contributed by atoms with Crippen molar-refractivity contribution in [1.29, 1.82) is 0 Å². The number of rotatable bonds is 4. The first-order chi connectivity index (χ1) is 7.47. The highest BCUT2D eigenvalue weighted by Gasteiger charge is 2.31. The van der Waals surface area contributed by atoms with Crippen LogP contribution in [0.5, 0.6) is 5.75 Å².